The van der Waals surface area contributed by atoms with Gasteiger partial charge >= 0.3 is 5.97 Å². The number of carboxylic acid groups (broad SMARTS) is 1. The third-order valence-corrected chi connectivity index (χ3v) is 2.18. The average Bonchev–Trinajstić information content (AvgIpc) is 2.30. The van der Waals surface area contributed by atoms with Gasteiger partial charge in [0.25, 0.3) is 0 Å². The van der Waals surface area contributed by atoms with Crippen molar-refractivity contribution in [3.05, 3.63) is 15.9 Å². The highest BCUT2D eigenvalue weighted by atomic mass is 79.9. The van der Waals surface area contributed by atoms with Gasteiger partial charge in [0.1, 0.15) is 10.3 Å². The summed E-state index contributed by atoms with van der Waals surface area (Å²) in [4.78, 5) is 10.6. The van der Waals surface area contributed by atoms with E-state index < -0.39 is 5.97 Å². The predicted molar refractivity (Wildman–Crippen MR) is 64.3 cm³/mol. The maximum atomic E-state index is 10.6. The van der Waals surface area contributed by atoms with E-state index in [2.05, 4.69) is 21.0 Å². The van der Waals surface area contributed by atoms with Gasteiger partial charge in [-0.25, -0.2) is 4.79 Å². The molecule has 0 spiro atoms. The van der Waals surface area contributed by atoms with Crippen molar-refractivity contribution in [1.29, 1.82) is 0 Å². The zero-order valence-electron chi connectivity index (χ0n) is 8.63. The molecular weight excluding hydrogens is 268 g/mol. The molecule has 0 amide bonds. The number of aromatic carboxylic acids is 1. The van der Waals surface area contributed by atoms with Crippen LogP contribution in [0.25, 0.3) is 0 Å². The Kier molecular flexibility index (Phi) is 7.85. The Bertz CT molecular complexity index is 313. The van der Waals surface area contributed by atoms with Crippen molar-refractivity contribution in [2.75, 3.05) is 0 Å². The van der Waals surface area contributed by atoms with E-state index in [0.29, 0.717) is 10.2 Å². The zero-order chi connectivity index (χ0) is 10.6. The Balaban J connectivity index is 0. The van der Waals surface area contributed by atoms with Gasteiger partial charge in [0.2, 0.25) is 0 Å². The molecule has 6 heteroatoms. The normalized spacial score (nSPS) is 8.36. The molecule has 0 radical (unpaired) electrons. The lowest BCUT2D eigenvalue weighted by Gasteiger charge is -1.93. The molecule has 1 heterocycles. The van der Waals surface area contributed by atoms with Crippen LogP contribution < -0.4 is 0 Å². The Hall–Kier alpha value is -0.490. The summed E-state index contributed by atoms with van der Waals surface area (Å²) < 4.78 is 1.92. The minimum Gasteiger partial charge on any atom is -0.477 e. The molecule has 0 aliphatic heterocycles. The molecule has 4 nitrogen and oxygen atoms in total. The molecule has 0 aromatic carbocycles. The van der Waals surface area contributed by atoms with Crippen LogP contribution >= 0.6 is 29.4 Å². The maximum Gasteiger partial charge on any atom is 0.354 e. The second-order valence-corrected chi connectivity index (χ2v) is 2.94. The molecule has 82 valence electrons. The summed E-state index contributed by atoms with van der Waals surface area (Å²) >= 11 is 3.14. The average molecular weight is 283 g/mol. The summed E-state index contributed by atoms with van der Waals surface area (Å²) in [5, 5.41) is 12.6. The number of halogens is 1. The fourth-order valence-electron chi connectivity index (χ4n) is 0.896. The standard InChI is InChI=1S/C6H7BrN2O2.C2H6.H2S/c1-3-4(6(10)11)9(2)8-5(3)7;1-2;/h1-2H3,(H,10,11);1-2H3;1H2. The van der Waals surface area contributed by atoms with Crippen molar-refractivity contribution in [1.82, 2.24) is 9.78 Å². The number of rotatable bonds is 1. The molecular formula is C8H15BrN2O2S. The third-order valence-electron chi connectivity index (χ3n) is 1.43. The molecule has 0 saturated heterocycles. The smallest absolute Gasteiger partial charge is 0.354 e. The SMILES string of the molecule is CC.Cc1c(Br)nn(C)c1C(=O)O.S. The highest BCUT2D eigenvalue weighted by Crippen LogP contribution is 2.17. The number of carboxylic acids is 1. The predicted octanol–water partition coefficient (Wildman–Crippen LogP) is 2.33. The van der Waals surface area contributed by atoms with Crippen LogP contribution in [0, 0.1) is 6.92 Å². The second kappa shape index (κ2) is 6.89. The van der Waals surface area contributed by atoms with Crippen LogP contribution in [0.2, 0.25) is 0 Å². The molecule has 0 saturated carbocycles. The topological polar surface area (TPSA) is 55.1 Å². The molecule has 1 N–H and O–H groups in total. The highest BCUT2D eigenvalue weighted by Gasteiger charge is 2.15. The number of carbonyl (C=O) groups is 1. The number of hydrogen-bond acceptors (Lipinski definition) is 2. The summed E-state index contributed by atoms with van der Waals surface area (Å²) in [5.41, 5.74) is 0.872. The van der Waals surface area contributed by atoms with Gasteiger partial charge in [0.05, 0.1) is 0 Å². The van der Waals surface area contributed by atoms with Gasteiger partial charge in [-0.1, -0.05) is 13.8 Å². The van der Waals surface area contributed by atoms with Gasteiger partial charge in [-0.2, -0.15) is 18.6 Å². The lowest BCUT2D eigenvalue weighted by Crippen LogP contribution is -2.06. The fourth-order valence-corrected chi connectivity index (χ4v) is 1.32. The molecule has 0 unspecified atom stereocenters. The molecule has 0 atom stereocenters. The monoisotopic (exact) mass is 282 g/mol. The van der Waals surface area contributed by atoms with E-state index in [0.717, 1.165) is 0 Å². The summed E-state index contributed by atoms with van der Waals surface area (Å²) in [6.45, 7) is 5.71. The number of hydrogen-bond donors (Lipinski definition) is 1. The molecule has 1 aromatic heterocycles. The van der Waals surface area contributed by atoms with Gasteiger partial charge in [-0.15, -0.1) is 0 Å². The molecule has 0 bridgehead atoms. The van der Waals surface area contributed by atoms with Crippen molar-refractivity contribution in [2.45, 2.75) is 20.8 Å². The fraction of sp³-hybridized carbons (Fsp3) is 0.500. The third kappa shape index (κ3) is 3.34. The first-order valence-corrected chi connectivity index (χ1v) is 4.75. The first-order valence-electron chi connectivity index (χ1n) is 3.96. The van der Waals surface area contributed by atoms with Gasteiger partial charge in [0.15, 0.2) is 0 Å². The largest absolute Gasteiger partial charge is 0.477 e. The van der Waals surface area contributed by atoms with Crippen molar-refractivity contribution >= 4 is 35.4 Å². The number of aromatic nitrogens is 2. The molecule has 0 fully saturated rings. The van der Waals surface area contributed by atoms with E-state index in [-0.39, 0.29) is 19.2 Å². The van der Waals surface area contributed by atoms with Crippen LogP contribution in [0.15, 0.2) is 4.60 Å². The summed E-state index contributed by atoms with van der Waals surface area (Å²) in [5.74, 6) is -0.955. The van der Waals surface area contributed by atoms with Gasteiger partial charge in [-0.3, -0.25) is 4.68 Å². The highest BCUT2D eigenvalue weighted by molar-refractivity contribution is 9.10. The van der Waals surface area contributed by atoms with Crippen molar-refractivity contribution in [2.24, 2.45) is 7.05 Å². The Labute approximate surface area is 98.9 Å². The van der Waals surface area contributed by atoms with E-state index >= 15 is 0 Å². The Morgan fingerprint density at radius 1 is 1.50 bits per heavy atom. The molecule has 1 aromatic rings. The van der Waals surface area contributed by atoms with Gasteiger partial charge in [-0.05, 0) is 22.9 Å². The van der Waals surface area contributed by atoms with Crippen LogP contribution in [0.1, 0.15) is 29.9 Å². The van der Waals surface area contributed by atoms with Crippen LogP contribution in [0.3, 0.4) is 0 Å². The van der Waals surface area contributed by atoms with E-state index in [1.54, 1.807) is 14.0 Å². The maximum absolute atomic E-state index is 10.6. The zero-order valence-corrected chi connectivity index (χ0v) is 11.2. The summed E-state index contributed by atoms with van der Waals surface area (Å²) in [6.07, 6.45) is 0. The lowest BCUT2D eigenvalue weighted by molar-refractivity contribution is 0.0684. The Morgan fingerprint density at radius 3 is 2.07 bits per heavy atom. The lowest BCUT2D eigenvalue weighted by atomic mass is 10.3. The van der Waals surface area contributed by atoms with Gasteiger partial charge < -0.3 is 5.11 Å². The summed E-state index contributed by atoms with van der Waals surface area (Å²) in [7, 11) is 1.60. The molecule has 0 aliphatic carbocycles. The van der Waals surface area contributed by atoms with Crippen LogP contribution in [-0.2, 0) is 7.05 Å². The van der Waals surface area contributed by atoms with E-state index in [1.165, 1.54) is 4.68 Å². The number of aryl methyl sites for hydroxylation is 1. The van der Waals surface area contributed by atoms with Crippen LogP contribution in [0.4, 0.5) is 0 Å². The van der Waals surface area contributed by atoms with E-state index in [1.807, 2.05) is 13.8 Å². The van der Waals surface area contributed by atoms with E-state index in [4.69, 9.17) is 5.11 Å². The minimum absolute atomic E-state index is 0. The van der Waals surface area contributed by atoms with Crippen LogP contribution in [-0.4, -0.2) is 20.9 Å². The number of nitrogens with zero attached hydrogens (tertiary/aromatic N) is 2. The van der Waals surface area contributed by atoms with Crippen molar-refractivity contribution in [3.63, 3.8) is 0 Å². The molecule has 14 heavy (non-hydrogen) atoms. The van der Waals surface area contributed by atoms with Gasteiger partial charge in [0, 0.05) is 12.6 Å². The first-order chi connectivity index (χ1) is 6.04. The van der Waals surface area contributed by atoms with E-state index in [9.17, 15) is 4.79 Å². The summed E-state index contributed by atoms with van der Waals surface area (Å²) in [6, 6.07) is 0. The molecule has 1 rings (SSSR count). The second-order valence-electron chi connectivity index (χ2n) is 2.19. The minimum atomic E-state index is -0.955. The van der Waals surface area contributed by atoms with Crippen molar-refractivity contribution in [3.8, 4) is 0 Å². The first kappa shape index (κ1) is 16.0. The molecule has 0 aliphatic rings. The quantitative estimate of drug-likeness (QED) is 0.860. The van der Waals surface area contributed by atoms with Crippen molar-refractivity contribution < 1.29 is 9.90 Å². The van der Waals surface area contributed by atoms with Crippen LogP contribution in [0.5, 0.6) is 0 Å². The Morgan fingerprint density at radius 2 is 1.93 bits per heavy atom.